The van der Waals surface area contributed by atoms with Crippen molar-refractivity contribution in [1.29, 1.82) is 0 Å². The Labute approximate surface area is 91.2 Å². The highest BCUT2D eigenvalue weighted by molar-refractivity contribution is 5.85. The van der Waals surface area contributed by atoms with Gasteiger partial charge in [-0.15, -0.1) is 0 Å². The fourth-order valence-electron chi connectivity index (χ4n) is 2.78. The van der Waals surface area contributed by atoms with E-state index in [1.54, 1.807) is 0 Å². The third-order valence-electron chi connectivity index (χ3n) is 3.67. The summed E-state index contributed by atoms with van der Waals surface area (Å²) in [4.78, 5) is 14.0. The highest BCUT2D eigenvalue weighted by Crippen LogP contribution is 2.37. The Morgan fingerprint density at radius 3 is 2.73 bits per heavy atom. The first kappa shape index (κ1) is 10.9. The molecule has 15 heavy (non-hydrogen) atoms. The zero-order valence-electron chi connectivity index (χ0n) is 9.62. The van der Waals surface area contributed by atoms with Crippen molar-refractivity contribution < 1.29 is 4.79 Å². The third-order valence-corrected chi connectivity index (χ3v) is 3.67. The molecule has 0 spiro atoms. The summed E-state index contributed by atoms with van der Waals surface area (Å²) in [5, 5.41) is 3.28. The molecule has 2 fully saturated rings. The van der Waals surface area contributed by atoms with Gasteiger partial charge in [-0.3, -0.25) is 9.69 Å². The second kappa shape index (κ2) is 3.76. The molecule has 4 heteroatoms. The summed E-state index contributed by atoms with van der Waals surface area (Å²) in [7, 11) is 0. The van der Waals surface area contributed by atoms with E-state index < -0.39 is 5.54 Å². The number of carbonyl (C=O) groups excluding carboxylic acids is 1. The Morgan fingerprint density at radius 2 is 2.27 bits per heavy atom. The van der Waals surface area contributed by atoms with Crippen molar-refractivity contribution in [2.75, 3.05) is 13.1 Å². The van der Waals surface area contributed by atoms with Gasteiger partial charge in [0, 0.05) is 18.6 Å². The van der Waals surface area contributed by atoms with Gasteiger partial charge < -0.3 is 11.1 Å². The molecule has 0 aromatic rings. The lowest BCUT2D eigenvalue weighted by Gasteiger charge is -2.26. The first-order valence-corrected chi connectivity index (χ1v) is 5.90. The van der Waals surface area contributed by atoms with Crippen LogP contribution in [0.4, 0.5) is 0 Å². The van der Waals surface area contributed by atoms with Gasteiger partial charge in [0.05, 0.1) is 0 Å². The minimum Gasteiger partial charge on any atom is -0.368 e. The van der Waals surface area contributed by atoms with Crippen molar-refractivity contribution in [3.8, 4) is 0 Å². The maximum atomic E-state index is 11.6. The molecular formula is C11H21N3O. The van der Waals surface area contributed by atoms with Gasteiger partial charge in [0.1, 0.15) is 5.54 Å². The number of amides is 1. The monoisotopic (exact) mass is 211 g/mol. The van der Waals surface area contributed by atoms with Crippen LogP contribution in [0.15, 0.2) is 0 Å². The van der Waals surface area contributed by atoms with Gasteiger partial charge in [-0.05, 0) is 32.7 Å². The molecule has 0 radical (unpaired) electrons. The summed E-state index contributed by atoms with van der Waals surface area (Å²) in [6, 6.07) is 1.18. The van der Waals surface area contributed by atoms with Crippen LogP contribution in [0.25, 0.3) is 0 Å². The molecule has 0 aromatic carbocycles. The molecule has 2 atom stereocenters. The Morgan fingerprint density at radius 1 is 1.60 bits per heavy atom. The van der Waals surface area contributed by atoms with Gasteiger partial charge in [-0.1, -0.05) is 6.92 Å². The minimum absolute atomic E-state index is 0.195. The number of likely N-dealkylation sites (tertiary alicyclic amines) is 1. The second-order valence-corrected chi connectivity index (χ2v) is 4.93. The SMILES string of the molecule is CCNC1(C(N)=O)CC(C)N(C2CC2)C1. The quantitative estimate of drug-likeness (QED) is 0.692. The minimum atomic E-state index is -0.475. The second-order valence-electron chi connectivity index (χ2n) is 4.93. The molecule has 1 aliphatic carbocycles. The van der Waals surface area contributed by atoms with Crippen molar-refractivity contribution in [2.45, 2.75) is 50.7 Å². The van der Waals surface area contributed by atoms with Crippen LogP contribution in [0.1, 0.15) is 33.1 Å². The van der Waals surface area contributed by atoms with E-state index in [2.05, 4.69) is 17.1 Å². The van der Waals surface area contributed by atoms with Crippen LogP contribution in [-0.4, -0.2) is 41.5 Å². The lowest BCUT2D eigenvalue weighted by atomic mass is 9.95. The highest BCUT2D eigenvalue weighted by atomic mass is 16.1. The number of nitrogens with one attached hydrogen (secondary N) is 1. The molecule has 3 N–H and O–H groups in total. The average Bonchev–Trinajstić information content (AvgIpc) is 2.93. The van der Waals surface area contributed by atoms with E-state index in [1.807, 2.05) is 6.92 Å². The first-order valence-electron chi connectivity index (χ1n) is 5.90. The van der Waals surface area contributed by atoms with Crippen LogP contribution in [0.2, 0.25) is 0 Å². The average molecular weight is 211 g/mol. The summed E-state index contributed by atoms with van der Waals surface area (Å²) < 4.78 is 0. The molecule has 1 heterocycles. The zero-order chi connectivity index (χ0) is 11.1. The molecule has 0 aromatic heterocycles. The van der Waals surface area contributed by atoms with Crippen LogP contribution in [0, 0.1) is 0 Å². The molecule has 1 saturated carbocycles. The summed E-state index contributed by atoms with van der Waals surface area (Å²) >= 11 is 0. The predicted octanol–water partition coefficient (Wildman–Crippen LogP) is 0.0766. The molecule has 2 rings (SSSR count). The summed E-state index contributed by atoms with van der Waals surface area (Å²) in [6.07, 6.45) is 3.42. The Balaban J connectivity index is 2.10. The number of rotatable bonds is 4. The molecule has 86 valence electrons. The van der Waals surface area contributed by atoms with Gasteiger partial charge in [0.15, 0.2) is 0 Å². The van der Waals surface area contributed by atoms with Gasteiger partial charge in [0.2, 0.25) is 5.91 Å². The molecule has 1 saturated heterocycles. The van der Waals surface area contributed by atoms with E-state index in [1.165, 1.54) is 12.8 Å². The number of hydrogen-bond acceptors (Lipinski definition) is 3. The summed E-state index contributed by atoms with van der Waals surface area (Å²) in [6.45, 7) is 5.81. The molecule has 1 amide bonds. The number of nitrogens with two attached hydrogens (primary N) is 1. The predicted molar refractivity (Wildman–Crippen MR) is 59.4 cm³/mol. The standard InChI is InChI=1S/C11H21N3O/c1-3-13-11(10(12)15)6-8(2)14(7-11)9-4-5-9/h8-9,13H,3-7H2,1-2H3,(H2,12,15). The number of carbonyl (C=O) groups is 1. The van der Waals surface area contributed by atoms with Gasteiger partial charge >= 0.3 is 0 Å². The van der Waals surface area contributed by atoms with E-state index >= 15 is 0 Å². The van der Waals surface area contributed by atoms with Gasteiger partial charge in [-0.25, -0.2) is 0 Å². The maximum absolute atomic E-state index is 11.6. The molecule has 0 bridgehead atoms. The van der Waals surface area contributed by atoms with Crippen molar-refractivity contribution in [2.24, 2.45) is 5.73 Å². The highest BCUT2D eigenvalue weighted by Gasteiger charge is 2.49. The number of likely N-dealkylation sites (N-methyl/N-ethyl adjacent to an activating group) is 1. The van der Waals surface area contributed by atoms with Crippen LogP contribution in [-0.2, 0) is 4.79 Å². The fourth-order valence-corrected chi connectivity index (χ4v) is 2.78. The van der Waals surface area contributed by atoms with Crippen molar-refractivity contribution in [3.05, 3.63) is 0 Å². The Bertz CT molecular complexity index is 265. The van der Waals surface area contributed by atoms with Crippen LogP contribution in [0.5, 0.6) is 0 Å². The normalized spacial score (nSPS) is 37.1. The molecule has 2 unspecified atom stereocenters. The lowest BCUT2D eigenvalue weighted by Crippen LogP contribution is -2.57. The molecule has 1 aliphatic heterocycles. The number of primary amides is 1. The fraction of sp³-hybridized carbons (Fsp3) is 0.909. The van der Waals surface area contributed by atoms with Crippen molar-refractivity contribution in [1.82, 2.24) is 10.2 Å². The van der Waals surface area contributed by atoms with Crippen LogP contribution < -0.4 is 11.1 Å². The smallest absolute Gasteiger partial charge is 0.239 e. The van der Waals surface area contributed by atoms with E-state index in [-0.39, 0.29) is 5.91 Å². The van der Waals surface area contributed by atoms with E-state index in [0.29, 0.717) is 12.1 Å². The summed E-state index contributed by atoms with van der Waals surface area (Å²) in [5.41, 5.74) is 5.06. The maximum Gasteiger partial charge on any atom is 0.239 e. The van der Waals surface area contributed by atoms with E-state index in [4.69, 9.17) is 5.73 Å². The number of nitrogens with zero attached hydrogens (tertiary/aromatic N) is 1. The molecule has 4 nitrogen and oxygen atoms in total. The van der Waals surface area contributed by atoms with Crippen molar-refractivity contribution >= 4 is 5.91 Å². The topological polar surface area (TPSA) is 58.4 Å². The Hall–Kier alpha value is -0.610. The first-order chi connectivity index (χ1) is 7.09. The molecular weight excluding hydrogens is 190 g/mol. The van der Waals surface area contributed by atoms with Gasteiger partial charge in [0.25, 0.3) is 0 Å². The van der Waals surface area contributed by atoms with Crippen LogP contribution in [0.3, 0.4) is 0 Å². The molecule has 2 aliphatic rings. The van der Waals surface area contributed by atoms with E-state index in [9.17, 15) is 4.79 Å². The zero-order valence-corrected chi connectivity index (χ0v) is 9.62. The van der Waals surface area contributed by atoms with Gasteiger partial charge in [-0.2, -0.15) is 0 Å². The number of hydrogen-bond donors (Lipinski definition) is 2. The Kier molecular flexibility index (Phi) is 2.73. The summed E-state index contributed by atoms with van der Waals surface area (Å²) in [5.74, 6) is -0.195. The third kappa shape index (κ3) is 1.88. The lowest BCUT2D eigenvalue weighted by molar-refractivity contribution is -0.124. The van der Waals surface area contributed by atoms with Crippen LogP contribution >= 0.6 is 0 Å². The van der Waals surface area contributed by atoms with E-state index in [0.717, 1.165) is 19.5 Å². The van der Waals surface area contributed by atoms with Crippen molar-refractivity contribution in [3.63, 3.8) is 0 Å². The largest absolute Gasteiger partial charge is 0.368 e.